The van der Waals surface area contributed by atoms with Crippen molar-refractivity contribution in [3.05, 3.63) is 90.0 Å². The SMILES string of the molecule is CSc1ccccc1N=Cc1ccccc1SCc1ccccc1. The molecule has 0 fully saturated rings. The standard InChI is InChI=1S/C21H19NS2/c1-23-21-14-8-6-12-19(21)22-15-18-11-5-7-13-20(18)24-16-17-9-3-2-4-10-17/h2-15H,16H2,1H3. The topological polar surface area (TPSA) is 12.4 Å². The van der Waals surface area contributed by atoms with Crippen molar-refractivity contribution in [1.82, 2.24) is 0 Å². The second kappa shape index (κ2) is 8.76. The molecular formula is C21H19NS2. The van der Waals surface area contributed by atoms with Crippen LogP contribution in [-0.2, 0) is 5.75 Å². The summed E-state index contributed by atoms with van der Waals surface area (Å²) >= 11 is 3.57. The Hall–Kier alpha value is -1.97. The molecule has 0 amide bonds. The van der Waals surface area contributed by atoms with Crippen LogP contribution in [0.15, 0.2) is 93.6 Å². The predicted molar refractivity (Wildman–Crippen MR) is 108 cm³/mol. The van der Waals surface area contributed by atoms with Gasteiger partial charge in [-0.05, 0) is 30.0 Å². The molecule has 0 bridgehead atoms. The maximum absolute atomic E-state index is 4.70. The van der Waals surface area contributed by atoms with Crippen molar-refractivity contribution in [2.45, 2.75) is 15.5 Å². The van der Waals surface area contributed by atoms with Gasteiger partial charge in [0.1, 0.15) is 0 Å². The summed E-state index contributed by atoms with van der Waals surface area (Å²) in [5.41, 5.74) is 3.52. The van der Waals surface area contributed by atoms with Gasteiger partial charge in [-0.3, -0.25) is 4.99 Å². The Kier molecular flexibility index (Phi) is 6.16. The lowest BCUT2D eigenvalue weighted by Gasteiger charge is -2.06. The Labute approximate surface area is 152 Å². The Morgan fingerprint density at radius 2 is 1.46 bits per heavy atom. The van der Waals surface area contributed by atoms with Crippen LogP contribution in [0.5, 0.6) is 0 Å². The molecular weight excluding hydrogens is 330 g/mol. The minimum Gasteiger partial charge on any atom is -0.255 e. The van der Waals surface area contributed by atoms with E-state index in [1.54, 1.807) is 11.8 Å². The molecule has 3 rings (SSSR count). The lowest BCUT2D eigenvalue weighted by Crippen LogP contribution is -1.87. The fraction of sp³-hybridized carbons (Fsp3) is 0.0952. The van der Waals surface area contributed by atoms with Crippen molar-refractivity contribution in [3.8, 4) is 0 Å². The van der Waals surface area contributed by atoms with Crippen molar-refractivity contribution < 1.29 is 0 Å². The number of nitrogens with zero attached hydrogens (tertiary/aromatic N) is 1. The van der Waals surface area contributed by atoms with Crippen LogP contribution in [0.3, 0.4) is 0 Å². The highest BCUT2D eigenvalue weighted by molar-refractivity contribution is 7.99. The molecule has 0 atom stereocenters. The average molecular weight is 350 g/mol. The fourth-order valence-electron chi connectivity index (χ4n) is 2.33. The van der Waals surface area contributed by atoms with Gasteiger partial charge in [-0.2, -0.15) is 0 Å². The number of para-hydroxylation sites is 1. The molecule has 0 spiro atoms. The van der Waals surface area contributed by atoms with Gasteiger partial charge in [0, 0.05) is 27.3 Å². The molecule has 0 N–H and O–H groups in total. The van der Waals surface area contributed by atoms with Crippen molar-refractivity contribution in [3.63, 3.8) is 0 Å². The van der Waals surface area contributed by atoms with Crippen LogP contribution in [0.2, 0.25) is 0 Å². The van der Waals surface area contributed by atoms with Gasteiger partial charge < -0.3 is 0 Å². The highest BCUT2D eigenvalue weighted by Gasteiger charge is 2.02. The number of benzene rings is 3. The van der Waals surface area contributed by atoms with Gasteiger partial charge >= 0.3 is 0 Å². The van der Waals surface area contributed by atoms with E-state index < -0.39 is 0 Å². The average Bonchev–Trinajstić information content (AvgIpc) is 2.66. The first-order chi connectivity index (χ1) is 11.9. The molecule has 0 saturated heterocycles. The zero-order chi connectivity index (χ0) is 16.6. The third-order valence-corrected chi connectivity index (χ3v) is 5.53. The molecule has 3 aromatic carbocycles. The normalized spacial score (nSPS) is 11.0. The first kappa shape index (κ1) is 16.9. The summed E-state index contributed by atoms with van der Waals surface area (Å²) in [5.74, 6) is 0.965. The van der Waals surface area contributed by atoms with Crippen LogP contribution in [0, 0.1) is 0 Å². The maximum atomic E-state index is 4.70. The molecule has 0 aliphatic carbocycles. The Morgan fingerprint density at radius 3 is 2.25 bits per heavy atom. The number of hydrogen-bond acceptors (Lipinski definition) is 3. The first-order valence-electron chi connectivity index (χ1n) is 7.79. The zero-order valence-electron chi connectivity index (χ0n) is 13.6. The number of rotatable bonds is 6. The van der Waals surface area contributed by atoms with E-state index in [9.17, 15) is 0 Å². The quantitative estimate of drug-likeness (QED) is 0.374. The van der Waals surface area contributed by atoms with Crippen molar-refractivity contribution in [2.24, 2.45) is 4.99 Å². The maximum Gasteiger partial charge on any atom is 0.0765 e. The number of thioether (sulfide) groups is 2. The monoisotopic (exact) mass is 349 g/mol. The van der Waals surface area contributed by atoms with Crippen LogP contribution in [0.1, 0.15) is 11.1 Å². The Bertz CT molecular complexity index is 813. The third kappa shape index (κ3) is 4.53. The zero-order valence-corrected chi connectivity index (χ0v) is 15.2. The van der Waals surface area contributed by atoms with E-state index in [1.165, 1.54) is 15.4 Å². The Balaban J connectivity index is 1.78. The number of hydrogen-bond donors (Lipinski definition) is 0. The summed E-state index contributed by atoms with van der Waals surface area (Å²) in [6, 6.07) is 27.2. The number of aliphatic imine (C=N–C) groups is 1. The molecule has 1 nitrogen and oxygen atoms in total. The molecule has 3 heteroatoms. The highest BCUT2D eigenvalue weighted by atomic mass is 32.2. The molecule has 3 aromatic rings. The van der Waals surface area contributed by atoms with Crippen molar-refractivity contribution in [2.75, 3.05) is 6.26 Å². The molecule has 0 radical (unpaired) electrons. The first-order valence-corrected chi connectivity index (χ1v) is 10.0. The van der Waals surface area contributed by atoms with E-state index >= 15 is 0 Å². The van der Waals surface area contributed by atoms with E-state index in [2.05, 4.69) is 79.1 Å². The van der Waals surface area contributed by atoms with Crippen LogP contribution in [0.4, 0.5) is 5.69 Å². The van der Waals surface area contributed by atoms with E-state index in [0.717, 1.165) is 17.0 Å². The minimum atomic E-state index is 0.965. The third-order valence-electron chi connectivity index (χ3n) is 3.58. The summed E-state index contributed by atoms with van der Waals surface area (Å²) in [6.45, 7) is 0. The molecule has 0 aliphatic rings. The van der Waals surface area contributed by atoms with Gasteiger partial charge in [0.25, 0.3) is 0 Å². The molecule has 24 heavy (non-hydrogen) atoms. The van der Waals surface area contributed by atoms with Crippen LogP contribution in [0.25, 0.3) is 0 Å². The second-order valence-electron chi connectivity index (χ2n) is 5.24. The van der Waals surface area contributed by atoms with Gasteiger partial charge in [0.05, 0.1) is 5.69 Å². The lowest BCUT2D eigenvalue weighted by atomic mass is 10.2. The van der Waals surface area contributed by atoms with Gasteiger partial charge in [0.2, 0.25) is 0 Å². The molecule has 0 aliphatic heterocycles. The second-order valence-corrected chi connectivity index (χ2v) is 7.11. The van der Waals surface area contributed by atoms with Crippen LogP contribution >= 0.6 is 23.5 Å². The highest BCUT2D eigenvalue weighted by Crippen LogP contribution is 2.29. The van der Waals surface area contributed by atoms with Crippen molar-refractivity contribution >= 4 is 35.4 Å². The van der Waals surface area contributed by atoms with E-state index in [-0.39, 0.29) is 0 Å². The minimum absolute atomic E-state index is 0.965. The summed E-state index contributed by atoms with van der Waals surface area (Å²) in [7, 11) is 0. The summed E-state index contributed by atoms with van der Waals surface area (Å²) < 4.78 is 0. The van der Waals surface area contributed by atoms with E-state index in [0.29, 0.717) is 0 Å². The molecule has 0 saturated carbocycles. The molecule has 0 heterocycles. The van der Waals surface area contributed by atoms with Gasteiger partial charge in [-0.25, -0.2) is 0 Å². The summed E-state index contributed by atoms with van der Waals surface area (Å²) in [6.07, 6.45) is 4.06. The molecule has 0 aromatic heterocycles. The van der Waals surface area contributed by atoms with Crippen LogP contribution < -0.4 is 0 Å². The van der Waals surface area contributed by atoms with Gasteiger partial charge in [0.15, 0.2) is 0 Å². The van der Waals surface area contributed by atoms with Gasteiger partial charge in [-0.15, -0.1) is 23.5 Å². The fourth-order valence-corrected chi connectivity index (χ4v) is 3.85. The lowest BCUT2D eigenvalue weighted by molar-refractivity contribution is 1.35. The Morgan fingerprint density at radius 1 is 0.792 bits per heavy atom. The predicted octanol–water partition coefficient (Wildman–Crippen LogP) is 6.45. The van der Waals surface area contributed by atoms with Crippen LogP contribution in [-0.4, -0.2) is 12.5 Å². The molecule has 120 valence electrons. The van der Waals surface area contributed by atoms with E-state index in [1.807, 2.05) is 24.0 Å². The summed E-state index contributed by atoms with van der Waals surface area (Å²) in [5, 5.41) is 0. The largest absolute Gasteiger partial charge is 0.255 e. The van der Waals surface area contributed by atoms with Gasteiger partial charge in [-0.1, -0.05) is 60.7 Å². The molecule has 0 unspecified atom stereocenters. The smallest absolute Gasteiger partial charge is 0.0765 e. The van der Waals surface area contributed by atoms with E-state index in [4.69, 9.17) is 4.99 Å². The summed E-state index contributed by atoms with van der Waals surface area (Å²) in [4.78, 5) is 7.16. The van der Waals surface area contributed by atoms with Crippen molar-refractivity contribution in [1.29, 1.82) is 0 Å².